The van der Waals surface area contributed by atoms with Gasteiger partial charge in [-0.3, -0.25) is 0 Å². The highest BCUT2D eigenvalue weighted by atomic mass is 15.0. The lowest BCUT2D eigenvalue weighted by Gasteiger charge is -2.16. The van der Waals surface area contributed by atoms with E-state index in [1.54, 1.807) is 0 Å². The van der Waals surface area contributed by atoms with Crippen molar-refractivity contribution in [3.63, 3.8) is 0 Å². The van der Waals surface area contributed by atoms with E-state index in [4.69, 9.17) is 0 Å². The van der Waals surface area contributed by atoms with Crippen LogP contribution in [0.4, 0.5) is 0 Å². The molecule has 0 spiro atoms. The minimum Gasteiger partial charge on any atom is -0.361 e. The van der Waals surface area contributed by atoms with E-state index >= 15 is 0 Å². The van der Waals surface area contributed by atoms with Crippen LogP contribution in [0.3, 0.4) is 0 Å². The van der Waals surface area contributed by atoms with Gasteiger partial charge >= 0.3 is 0 Å². The molecule has 60 valence electrons. The molecule has 1 aromatic heterocycles. The molecule has 0 aliphatic rings. The molecule has 0 aliphatic carbocycles. The van der Waals surface area contributed by atoms with Crippen LogP contribution in [-0.4, -0.2) is 30.3 Å². The highest BCUT2D eigenvalue weighted by Gasteiger charge is 2.14. The highest BCUT2D eigenvalue weighted by Crippen LogP contribution is 1.90. The number of nitrogens with zero attached hydrogens (tertiary/aromatic N) is 2. The van der Waals surface area contributed by atoms with E-state index in [0.29, 0.717) is 6.85 Å². The maximum Gasteiger partial charge on any atom is 0.273 e. The number of aryl methyl sites for hydroxylation is 1. The summed E-state index contributed by atoms with van der Waals surface area (Å²) in [6.07, 6.45) is 2.08. The zero-order valence-electron chi connectivity index (χ0n) is 7.70. The molecule has 0 unspecified atom stereocenters. The summed E-state index contributed by atoms with van der Waals surface area (Å²) in [7, 11) is 6.27. The van der Waals surface area contributed by atoms with Gasteiger partial charge in [0, 0.05) is 18.8 Å². The Morgan fingerprint density at radius 2 is 2.09 bits per heavy atom. The smallest absolute Gasteiger partial charge is 0.273 e. The third kappa shape index (κ3) is 1.66. The average molecular weight is 150 g/mol. The molecule has 0 N–H and O–H groups in total. The first-order valence-corrected chi connectivity index (χ1v) is 3.90. The van der Waals surface area contributed by atoms with Crippen LogP contribution < -0.4 is 5.59 Å². The molecule has 0 fully saturated rings. The van der Waals surface area contributed by atoms with Crippen molar-refractivity contribution in [3.8, 4) is 0 Å². The van der Waals surface area contributed by atoms with Gasteiger partial charge in [0.1, 0.15) is 0 Å². The molecule has 0 amide bonds. The second-order valence-electron chi connectivity index (χ2n) is 3.18. The number of rotatable bonds is 2. The van der Waals surface area contributed by atoms with E-state index in [0.717, 1.165) is 0 Å². The van der Waals surface area contributed by atoms with Crippen LogP contribution in [0.1, 0.15) is 0 Å². The summed E-state index contributed by atoms with van der Waals surface area (Å²) in [4.78, 5) is 2.20. The van der Waals surface area contributed by atoms with Crippen molar-refractivity contribution in [2.45, 2.75) is 6.82 Å². The summed E-state index contributed by atoms with van der Waals surface area (Å²) in [5.41, 5.74) is 1.36. The molecule has 3 heteroatoms. The van der Waals surface area contributed by atoms with Crippen LogP contribution in [0.25, 0.3) is 0 Å². The van der Waals surface area contributed by atoms with Gasteiger partial charge in [-0.1, -0.05) is 6.82 Å². The molecule has 0 radical (unpaired) electrons. The number of hydrogen-bond acceptors (Lipinski definition) is 1. The van der Waals surface area contributed by atoms with Gasteiger partial charge in [-0.2, -0.15) is 0 Å². The van der Waals surface area contributed by atoms with Crippen molar-refractivity contribution in [3.05, 3.63) is 18.3 Å². The standard InChI is InChI=1S/C8H15BN2/c1-9(10(2)3)8-6-5-7-11(8)4/h5-7H,1-4H3. The fourth-order valence-corrected chi connectivity index (χ4v) is 1.17. The van der Waals surface area contributed by atoms with Crippen molar-refractivity contribution >= 4 is 12.4 Å². The Kier molecular flexibility index (Phi) is 2.40. The summed E-state index contributed by atoms with van der Waals surface area (Å²) >= 11 is 0. The number of hydrogen-bond donors (Lipinski definition) is 0. The van der Waals surface area contributed by atoms with E-state index in [1.807, 2.05) is 0 Å². The minimum atomic E-state index is 0.495. The molecule has 0 aliphatic heterocycles. The fourth-order valence-electron chi connectivity index (χ4n) is 1.17. The summed E-state index contributed by atoms with van der Waals surface area (Å²) in [6, 6.07) is 4.24. The van der Waals surface area contributed by atoms with Crippen LogP contribution in [0.15, 0.2) is 18.3 Å². The van der Waals surface area contributed by atoms with Gasteiger partial charge in [-0.05, 0) is 26.2 Å². The van der Waals surface area contributed by atoms with Gasteiger partial charge in [0.25, 0.3) is 6.85 Å². The molecule has 11 heavy (non-hydrogen) atoms. The molecule has 2 nitrogen and oxygen atoms in total. The van der Waals surface area contributed by atoms with Gasteiger partial charge in [-0.25, -0.2) is 0 Å². The maximum atomic E-state index is 2.20. The third-order valence-corrected chi connectivity index (χ3v) is 2.19. The molecule has 0 atom stereocenters. The lowest BCUT2D eigenvalue weighted by atomic mass is 9.60. The monoisotopic (exact) mass is 150 g/mol. The van der Waals surface area contributed by atoms with Crippen LogP contribution in [-0.2, 0) is 7.05 Å². The summed E-state index contributed by atoms with van der Waals surface area (Å²) in [5.74, 6) is 0. The zero-order valence-corrected chi connectivity index (χ0v) is 7.70. The van der Waals surface area contributed by atoms with Crippen LogP contribution >= 0.6 is 0 Å². The van der Waals surface area contributed by atoms with Crippen molar-refractivity contribution in [2.75, 3.05) is 14.1 Å². The Morgan fingerprint density at radius 3 is 2.45 bits per heavy atom. The largest absolute Gasteiger partial charge is 0.361 e. The zero-order chi connectivity index (χ0) is 8.43. The third-order valence-electron chi connectivity index (χ3n) is 2.19. The van der Waals surface area contributed by atoms with Crippen LogP contribution in [0.5, 0.6) is 0 Å². The Morgan fingerprint density at radius 1 is 1.45 bits per heavy atom. The van der Waals surface area contributed by atoms with E-state index in [9.17, 15) is 0 Å². The summed E-state index contributed by atoms with van der Waals surface area (Å²) in [6.45, 7) is 2.70. The first-order chi connectivity index (χ1) is 5.13. The molecular weight excluding hydrogens is 135 g/mol. The van der Waals surface area contributed by atoms with E-state index in [-0.39, 0.29) is 0 Å². The average Bonchev–Trinajstić information content (AvgIpc) is 2.33. The Labute approximate surface area is 68.9 Å². The molecule has 0 saturated carbocycles. The van der Waals surface area contributed by atoms with E-state index < -0.39 is 0 Å². The van der Waals surface area contributed by atoms with Crippen LogP contribution in [0, 0.1) is 0 Å². The van der Waals surface area contributed by atoms with E-state index in [2.05, 4.69) is 55.7 Å². The lowest BCUT2D eigenvalue weighted by molar-refractivity contribution is 0.649. The van der Waals surface area contributed by atoms with Crippen molar-refractivity contribution in [2.24, 2.45) is 7.05 Å². The molecule has 0 bridgehead atoms. The van der Waals surface area contributed by atoms with Gasteiger partial charge in [0.05, 0.1) is 0 Å². The predicted octanol–water partition coefficient (Wildman–Crippen LogP) is 0.415. The minimum absolute atomic E-state index is 0.495. The van der Waals surface area contributed by atoms with Crippen molar-refractivity contribution in [1.29, 1.82) is 0 Å². The lowest BCUT2D eigenvalue weighted by Crippen LogP contribution is -2.44. The molecule has 0 aromatic carbocycles. The molecule has 0 saturated heterocycles. The second-order valence-corrected chi connectivity index (χ2v) is 3.18. The Hall–Kier alpha value is -0.695. The first kappa shape index (κ1) is 8.40. The van der Waals surface area contributed by atoms with Gasteiger partial charge in [0.15, 0.2) is 0 Å². The summed E-state index contributed by atoms with van der Waals surface area (Å²) in [5, 5.41) is 0. The molecule has 1 heterocycles. The first-order valence-electron chi connectivity index (χ1n) is 3.90. The van der Waals surface area contributed by atoms with E-state index in [1.165, 1.54) is 5.59 Å². The fraction of sp³-hybridized carbons (Fsp3) is 0.500. The molecule has 1 aromatic rings. The quantitative estimate of drug-likeness (QED) is 0.554. The van der Waals surface area contributed by atoms with Crippen molar-refractivity contribution in [1.82, 2.24) is 9.38 Å². The highest BCUT2D eigenvalue weighted by molar-refractivity contribution is 6.68. The Bertz CT molecular complexity index is 230. The second kappa shape index (κ2) is 3.14. The summed E-state index contributed by atoms with van der Waals surface area (Å²) < 4.78 is 2.16. The Balaban J connectivity index is 2.84. The normalized spacial score (nSPS) is 10.6. The molecular formula is C8H15BN2. The van der Waals surface area contributed by atoms with Crippen molar-refractivity contribution < 1.29 is 0 Å². The van der Waals surface area contributed by atoms with Crippen LogP contribution in [0.2, 0.25) is 6.82 Å². The molecule has 1 rings (SSSR count). The maximum absolute atomic E-state index is 2.20. The van der Waals surface area contributed by atoms with Gasteiger partial charge in [0.2, 0.25) is 0 Å². The van der Waals surface area contributed by atoms with Gasteiger partial charge < -0.3 is 9.38 Å². The SMILES string of the molecule is CB(c1cccn1C)N(C)C. The van der Waals surface area contributed by atoms with Gasteiger partial charge in [-0.15, -0.1) is 0 Å². The number of aromatic nitrogens is 1. The topological polar surface area (TPSA) is 8.17 Å². The predicted molar refractivity (Wildman–Crippen MR) is 50.4 cm³/mol.